The Labute approximate surface area is 112 Å². The summed E-state index contributed by atoms with van der Waals surface area (Å²) in [5.41, 5.74) is -0.636. The second-order valence-electron chi connectivity index (χ2n) is 3.83. The minimum Gasteiger partial charge on any atom is -0.392 e. The first kappa shape index (κ1) is 15.9. The maximum atomic E-state index is 13.8. The van der Waals surface area contributed by atoms with Crippen LogP contribution in [0.25, 0.3) is 0 Å². The summed E-state index contributed by atoms with van der Waals surface area (Å²) >= 11 is 0. The highest BCUT2D eigenvalue weighted by Gasteiger charge is 2.56. The Morgan fingerprint density at radius 2 is 2.30 bits per heavy atom. The first-order valence-electron chi connectivity index (χ1n) is 5.30. The molecule has 0 spiro atoms. The zero-order valence-electron chi connectivity index (χ0n) is 10.0. The van der Waals surface area contributed by atoms with E-state index in [0.29, 0.717) is 6.21 Å². The lowest BCUT2D eigenvalue weighted by molar-refractivity contribution is -0.0707. The van der Waals surface area contributed by atoms with E-state index < -0.39 is 42.5 Å². The van der Waals surface area contributed by atoms with Crippen LogP contribution in [0.15, 0.2) is 4.99 Å². The minimum atomic E-state index is -2.15. The van der Waals surface area contributed by atoms with Crippen LogP contribution >= 0.6 is 0 Å². The van der Waals surface area contributed by atoms with Gasteiger partial charge < -0.3 is 25.7 Å². The molecule has 10 nitrogen and oxygen atoms in total. The van der Waals surface area contributed by atoms with Crippen LogP contribution in [0.3, 0.4) is 0 Å². The molecule has 7 N–H and O–H groups in total. The molecule has 0 amide bonds. The Kier molecular flexibility index (Phi) is 5.06. The standard InChI is InChI=1S/C9H13FN6O4/c10-5-6(18)9(2-12,3-17)20-7(5)15-8(16-19)14-4(13)1-11/h1,5-7,11,17-19H,3H2,(H3,13,14,15,16)/t5-,6+,7-,9-/m1/s1. The lowest BCUT2D eigenvalue weighted by Crippen LogP contribution is -2.44. The first-order chi connectivity index (χ1) is 9.43. The Morgan fingerprint density at radius 3 is 2.70 bits per heavy atom. The molecule has 4 atom stereocenters. The Balaban J connectivity index is 2.94. The molecule has 20 heavy (non-hydrogen) atoms. The van der Waals surface area contributed by atoms with E-state index in [-0.39, 0.29) is 0 Å². The molecule has 1 aliphatic heterocycles. The minimum absolute atomic E-state index is 0.465. The number of alkyl halides is 1. The average molecular weight is 288 g/mol. The number of hydroxylamine groups is 1. The van der Waals surface area contributed by atoms with Crippen molar-refractivity contribution in [3.8, 4) is 6.07 Å². The highest BCUT2D eigenvalue weighted by atomic mass is 19.1. The van der Waals surface area contributed by atoms with Crippen molar-refractivity contribution in [2.75, 3.05) is 6.61 Å². The number of guanidine groups is 1. The third-order valence-electron chi connectivity index (χ3n) is 2.57. The van der Waals surface area contributed by atoms with Gasteiger partial charge in [-0.3, -0.25) is 10.6 Å². The molecule has 0 saturated carbocycles. The molecular formula is C9H13FN6O4. The number of ether oxygens (including phenoxy) is 1. The highest BCUT2D eigenvalue weighted by Crippen LogP contribution is 2.33. The zero-order valence-corrected chi connectivity index (χ0v) is 10.0. The summed E-state index contributed by atoms with van der Waals surface area (Å²) in [6.45, 7) is -0.942. The number of amidine groups is 1. The van der Waals surface area contributed by atoms with E-state index in [1.165, 1.54) is 11.5 Å². The Bertz CT molecular complexity index is 466. The van der Waals surface area contributed by atoms with Crippen molar-refractivity contribution < 1.29 is 24.5 Å². The van der Waals surface area contributed by atoms with Crippen molar-refractivity contribution in [2.24, 2.45) is 4.99 Å². The topological polar surface area (TPSA) is 178 Å². The van der Waals surface area contributed by atoms with Gasteiger partial charge in [-0.15, -0.1) is 0 Å². The highest BCUT2D eigenvalue weighted by molar-refractivity contribution is 6.30. The maximum Gasteiger partial charge on any atom is 0.223 e. The van der Waals surface area contributed by atoms with Crippen molar-refractivity contribution in [3.63, 3.8) is 0 Å². The molecule has 0 bridgehead atoms. The molecule has 110 valence electrons. The Hall–Kier alpha value is -2.13. The number of halogens is 1. The second kappa shape index (κ2) is 6.35. The molecule has 0 radical (unpaired) electrons. The summed E-state index contributed by atoms with van der Waals surface area (Å²) in [7, 11) is 0. The van der Waals surface area contributed by atoms with Crippen LogP contribution in [0.5, 0.6) is 0 Å². The zero-order chi connectivity index (χ0) is 15.3. The first-order valence-corrected chi connectivity index (χ1v) is 5.30. The fourth-order valence-electron chi connectivity index (χ4n) is 1.50. The summed E-state index contributed by atoms with van der Waals surface area (Å²) in [4.78, 5) is 3.49. The SMILES string of the molecule is N#C[C@]1(CO)O[C@@H](N=C(NO)NC(=N)C=N)[C@H](F)[C@@H]1O. The molecule has 1 aliphatic rings. The van der Waals surface area contributed by atoms with Crippen LogP contribution < -0.4 is 10.8 Å². The summed E-state index contributed by atoms with van der Waals surface area (Å²) in [6.07, 6.45) is -5.13. The largest absolute Gasteiger partial charge is 0.392 e. The number of aliphatic hydroxyl groups is 2. The third-order valence-corrected chi connectivity index (χ3v) is 2.57. The quantitative estimate of drug-likeness (QED) is 0.176. The number of rotatable bonds is 3. The second-order valence-corrected chi connectivity index (χ2v) is 3.83. The van der Waals surface area contributed by atoms with E-state index in [2.05, 4.69) is 10.3 Å². The van der Waals surface area contributed by atoms with Gasteiger partial charge >= 0.3 is 0 Å². The molecule has 1 saturated heterocycles. The van der Waals surface area contributed by atoms with Gasteiger partial charge in [-0.2, -0.15) is 5.26 Å². The lowest BCUT2D eigenvalue weighted by atomic mass is 9.99. The van der Waals surface area contributed by atoms with Gasteiger partial charge in [0, 0.05) is 0 Å². The molecule has 1 heterocycles. The predicted molar refractivity (Wildman–Crippen MR) is 63.2 cm³/mol. The summed E-state index contributed by atoms with van der Waals surface area (Å²) in [6, 6.07) is 1.47. The molecule has 1 fully saturated rings. The number of nitriles is 1. The molecule has 1 rings (SSSR count). The molecule has 11 heteroatoms. The van der Waals surface area contributed by atoms with Gasteiger partial charge in [0.25, 0.3) is 0 Å². The van der Waals surface area contributed by atoms with E-state index in [1.807, 2.05) is 0 Å². The van der Waals surface area contributed by atoms with Crippen molar-refractivity contribution in [1.82, 2.24) is 10.8 Å². The molecule has 0 aliphatic carbocycles. The monoisotopic (exact) mass is 288 g/mol. The van der Waals surface area contributed by atoms with Gasteiger partial charge in [-0.05, 0) is 0 Å². The van der Waals surface area contributed by atoms with Crippen LogP contribution in [0.4, 0.5) is 4.39 Å². The average Bonchev–Trinajstić information content (AvgIpc) is 2.71. The molecule has 0 aromatic heterocycles. The van der Waals surface area contributed by atoms with Crippen molar-refractivity contribution in [2.45, 2.75) is 24.1 Å². The van der Waals surface area contributed by atoms with Gasteiger partial charge in [0.2, 0.25) is 11.6 Å². The summed E-state index contributed by atoms with van der Waals surface area (Å²) < 4.78 is 18.7. The Morgan fingerprint density at radius 1 is 1.65 bits per heavy atom. The lowest BCUT2D eigenvalue weighted by Gasteiger charge is -2.20. The van der Waals surface area contributed by atoms with Gasteiger partial charge in [0.1, 0.15) is 18.0 Å². The normalized spacial score (nSPS) is 33.4. The van der Waals surface area contributed by atoms with Gasteiger partial charge in [-0.25, -0.2) is 14.9 Å². The van der Waals surface area contributed by atoms with Crippen LogP contribution in [-0.2, 0) is 4.74 Å². The number of nitrogens with one attached hydrogen (secondary N) is 4. The van der Waals surface area contributed by atoms with Crippen molar-refractivity contribution in [1.29, 1.82) is 16.1 Å². The number of aliphatic hydroxyl groups excluding tert-OH is 2. The molecular weight excluding hydrogens is 275 g/mol. The predicted octanol–water partition coefficient (Wildman–Crippen LogP) is -2.15. The van der Waals surface area contributed by atoms with E-state index >= 15 is 0 Å². The smallest absolute Gasteiger partial charge is 0.223 e. The molecule has 0 aromatic carbocycles. The van der Waals surface area contributed by atoms with Gasteiger partial charge in [0.15, 0.2) is 12.4 Å². The van der Waals surface area contributed by atoms with Gasteiger partial charge in [0.05, 0.1) is 12.8 Å². The number of aliphatic imine (C=N–C) groups is 1. The van der Waals surface area contributed by atoms with Crippen molar-refractivity contribution in [3.05, 3.63) is 0 Å². The van der Waals surface area contributed by atoms with Crippen LogP contribution in [0.1, 0.15) is 0 Å². The van der Waals surface area contributed by atoms with Crippen LogP contribution in [-0.4, -0.2) is 64.1 Å². The fourth-order valence-corrected chi connectivity index (χ4v) is 1.50. The van der Waals surface area contributed by atoms with Crippen molar-refractivity contribution >= 4 is 18.0 Å². The van der Waals surface area contributed by atoms with E-state index in [9.17, 15) is 9.50 Å². The van der Waals surface area contributed by atoms with E-state index in [4.69, 9.17) is 31.1 Å². The number of hydrogen-bond acceptors (Lipinski definition) is 8. The van der Waals surface area contributed by atoms with Crippen LogP contribution in [0, 0.1) is 22.1 Å². The maximum absolute atomic E-state index is 13.8. The third kappa shape index (κ3) is 2.89. The fraction of sp³-hybridized carbons (Fsp3) is 0.556. The molecule has 0 unspecified atom stereocenters. The summed E-state index contributed by atoms with van der Waals surface area (Å²) in [5, 5.41) is 52.2. The summed E-state index contributed by atoms with van der Waals surface area (Å²) in [5.74, 6) is -0.988. The van der Waals surface area contributed by atoms with E-state index in [1.54, 1.807) is 0 Å². The number of hydrogen-bond donors (Lipinski definition) is 7. The molecule has 0 aromatic rings. The van der Waals surface area contributed by atoms with Gasteiger partial charge in [-0.1, -0.05) is 0 Å². The van der Waals surface area contributed by atoms with E-state index in [0.717, 1.165) is 0 Å². The van der Waals surface area contributed by atoms with Crippen LogP contribution in [0.2, 0.25) is 0 Å². The number of nitrogens with zero attached hydrogens (tertiary/aromatic N) is 2.